The second kappa shape index (κ2) is 6.38. The molecule has 0 fully saturated rings. The van der Waals surface area contributed by atoms with Crippen molar-refractivity contribution in [2.75, 3.05) is 6.61 Å². The molecule has 1 aromatic heterocycles. The summed E-state index contributed by atoms with van der Waals surface area (Å²) in [5, 5.41) is 3.32. The van der Waals surface area contributed by atoms with Crippen LogP contribution in [0.15, 0.2) is 28.7 Å². The first-order valence-electron chi connectivity index (χ1n) is 6.54. The van der Waals surface area contributed by atoms with Gasteiger partial charge in [-0.3, -0.25) is 0 Å². The Labute approximate surface area is 113 Å². The van der Waals surface area contributed by atoms with Crippen molar-refractivity contribution in [3.8, 4) is 5.75 Å². The van der Waals surface area contributed by atoms with Crippen LogP contribution in [0.25, 0.3) is 0 Å². The lowest BCUT2D eigenvalue weighted by Gasteiger charge is -2.06. The van der Waals surface area contributed by atoms with Gasteiger partial charge in [0.15, 0.2) is 0 Å². The van der Waals surface area contributed by atoms with Gasteiger partial charge < -0.3 is 14.5 Å². The number of rotatable bonds is 6. The first kappa shape index (κ1) is 13.6. The normalized spacial score (nSPS) is 10.7. The Kier molecular flexibility index (Phi) is 4.58. The van der Waals surface area contributed by atoms with E-state index in [0.717, 1.165) is 29.6 Å². The second-order valence-electron chi connectivity index (χ2n) is 4.43. The summed E-state index contributed by atoms with van der Waals surface area (Å²) in [5.41, 5.74) is 2.14. The number of hydrogen-bond donors (Lipinski definition) is 1. The molecule has 0 saturated heterocycles. The zero-order chi connectivity index (χ0) is 13.7. The number of oxazole rings is 1. The van der Waals surface area contributed by atoms with E-state index < -0.39 is 0 Å². The van der Waals surface area contributed by atoms with Crippen LogP contribution in [0.5, 0.6) is 5.75 Å². The summed E-state index contributed by atoms with van der Waals surface area (Å²) in [7, 11) is 0. The Morgan fingerprint density at radius 1 is 1.26 bits per heavy atom. The van der Waals surface area contributed by atoms with Crippen molar-refractivity contribution in [3.05, 3.63) is 47.2 Å². The molecule has 0 aliphatic heterocycles. The molecule has 4 heteroatoms. The highest BCUT2D eigenvalue weighted by Gasteiger charge is 2.04. The topological polar surface area (TPSA) is 47.3 Å². The monoisotopic (exact) mass is 260 g/mol. The van der Waals surface area contributed by atoms with Crippen molar-refractivity contribution in [1.82, 2.24) is 10.3 Å². The summed E-state index contributed by atoms with van der Waals surface area (Å²) >= 11 is 0. The number of aromatic nitrogens is 1. The van der Waals surface area contributed by atoms with Crippen LogP contribution >= 0.6 is 0 Å². The smallest absolute Gasteiger partial charge is 0.208 e. The highest BCUT2D eigenvalue weighted by atomic mass is 16.5. The fraction of sp³-hybridized carbons (Fsp3) is 0.400. The van der Waals surface area contributed by atoms with Crippen LogP contribution in [-0.4, -0.2) is 11.6 Å². The van der Waals surface area contributed by atoms with Gasteiger partial charge in [0.05, 0.1) is 18.8 Å². The number of ether oxygens (including phenoxy) is 1. The third-order valence-corrected chi connectivity index (χ3v) is 2.89. The highest BCUT2D eigenvalue weighted by Crippen LogP contribution is 2.13. The molecule has 0 aliphatic rings. The van der Waals surface area contributed by atoms with Crippen molar-refractivity contribution in [2.45, 2.75) is 33.9 Å². The zero-order valence-corrected chi connectivity index (χ0v) is 11.7. The number of nitrogens with zero attached hydrogens (tertiary/aromatic N) is 1. The van der Waals surface area contributed by atoms with E-state index in [1.165, 1.54) is 5.56 Å². The fourth-order valence-corrected chi connectivity index (χ4v) is 1.84. The summed E-state index contributed by atoms with van der Waals surface area (Å²) in [6.07, 6.45) is 0. The maximum atomic E-state index is 5.52. The number of aryl methyl sites for hydroxylation is 2. The molecule has 4 nitrogen and oxygen atoms in total. The summed E-state index contributed by atoms with van der Waals surface area (Å²) < 4.78 is 11.0. The molecule has 1 heterocycles. The van der Waals surface area contributed by atoms with Crippen LogP contribution in [0, 0.1) is 13.8 Å². The molecule has 0 saturated carbocycles. The van der Waals surface area contributed by atoms with Gasteiger partial charge in [-0.25, -0.2) is 4.98 Å². The van der Waals surface area contributed by atoms with E-state index in [-0.39, 0.29) is 0 Å². The van der Waals surface area contributed by atoms with Gasteiger partial charge >= 0.3 is 0 Å². The molecule has 102 valence electrons. The van der Waals surface area contributed by atoms with Gasteiger partial charge in [-0.2, -0.15) is 0 Å². The summed E-state index contributed by atoms with van der Waals surface area (Å²) in [6.45, 7) is 7.95. The largest absolute Gasteiger partial charge is 0.494 e. The first-order valence-corrected chi connectivity index (χ1v) is 6.54. The average molecular weight is 260 g/mol. The molecule has 0 bridgehead atoms. The third kappa shape index (κ3) is 3.83. The van der Waals surface area contributed by atoms with E-state index in [9.17, 15) is 0 Å². The van der Waals surface area contributed by atoms with E-state index >= 15 is 0 Å². The van der Waals surface area contributed by atoms with E-state index in [2.05, 4.69) is 16.4 Å². The van der Waals surface area contributed by atoms with E-state index in [1.54, 1.807) is 0 Å². The fourth-order valence-electron chi connectivity index (χ4n) is 1.84. The van der Waals surface area contributed by atoms with Gasteiger partial charge in [-0.05, 0) is 38.5 Å². The molecule has 0 amide bonds. The molecular weight excluding hydrogens is 240 g/mol. The summed E-state index contributed by atoms with van der Waals surface area (Å²) in [6, 6.07) is 8.08. The van der Waals surface area contributed by atoms with E-state index in [1.807, 2.05) is 39.0 Å². The maximum Gasteiger partial charge on any atom is 0.208 e. The van der Waals surface area contributed by atoms with Crippen LogP contribution in [0.3, 0.4) is 0 Å². The third-order valence-electron chi connectivity index (χ3n) is 2.89. The van der Waals surface area contributed by atoms with Gasteiger partial charge in [-0.1, -0.05) is 12.1 Å². The van der Waals surface area contributed by atoms with Crippen molar-refractivity contribution in [3.63, 3.8) is 0 Å². The van der Waals surface area contributed by atoms with E-state index in [0.29, 0.717) is 13.2 Å². The molecule has 0 atom stereocenters. The molecular formula is C15H20N2O2. The zero-order valence-electron chi connectivity index (χ0n) is 11.7. The average Bonchev–Trinajstić information content (AvgIpc) is 2.70. The Morgan fingerprint density at radius 3 is 2.79 bits per heavy atom. The standard InChI is InChI=1S/C15H20N2O2/c1-4-18-14-7-5-6-13(8-14)9-16-10-15-17-11(2)12(3)19-15/h5-8,16H,4,9-10H2,1-3H3. The SMILES string of the molecule is CCOc1cccc(CNCc2nc(C)c(C)o2)c1. The van der Waals surface area contributed by atoms with Crippen molar-refractivity contribution >= 4 is 0 Å². The minimum Gasteiger partial charge on any atom is -0.494 e. The van der Waals surface area contributed by atoms with Crippen LogP contribution < -0.4 is 10.1 Å². The van der Waals surface area contributed by atoms with E-state index in [4.69, 9.17) is 9.15 Å². The molecule has 0 spiro atoms. The molecule has 0 aliphatic carbocycles. The molecule has 0 unspecified atom stereocenters. The van der Waals surface area contributed by atoms with Crippen LogP contribution in [0.1, 0.15) is 29.8 Å². The van der Waals surface area contributed by atoms with Crippen molar-refractivity contribution in [1.29, 1.82) is 0 Å². The number of benzene rings is 1. The van der Waals surface area contributed by atoms with Gasteiger partial charge in [0.25, 0.3) is 0 Å². The second-order valence-corrected chi connectivity index (χ2v) is 4.43. The predicted octanol–water partition coefficient (Wildman–Crippen LogP) is 2.98. The molecule has 0 radical (unpaired) electrons. The Balaban J connectivity index is 1.86. The number of hydrogen-bond acceptors (Lipinski definition) is 4. The van der Waals surface area contributed by atoms with Gasteiger partial charge in [0.2, 0.25) is 5.89 Å². The van der Waals surface area contributed by atoms with Crippen LogP contribution in [-0.2, 0) is 13.1 Å². The summed E-state index contributed by atoms with van der Waals surface area (Å²) in [5.74, 6) is 2.52. The van der Waals surface area contributed by atoms with Crippen molar-refractivity contribution in [2.24, 2.45) is 0 Å². The molecule has 2 rings (SSSR count). The van der Waals surface area contributed by atoms with Crippen LogP contribution in [0.2, 0.25) is 0 Å². The first-order chi connectivity index (χ1) is 9.19. The number of nitrogens with one attached hydrogen (secondary N) is 1. The van der Waals surface area contributed by atoms with Gasteiger partial charge in [-0.15, -0.1) is 0 Å². The molecule has 19 heavy (non-hydrogen) atoms. The summed E-state index contributed by atoms with van der Waals surface area (Å²) in [4.78, 5) is 4.33. The Hall–Kier alpha value is -1.81. The van der Waals surface area contributed by atoms with Gasteiger partial charge in [0, 0.05) is 6.54 Å². The Bertz CT molecular complexity index is 515. The molecule has 2 aromatic rings. The molecule has 1 aromatic carbocycles. The highest BCUT2D eigenvalue weighted by molar-refractivity contribution is 5.28. The lowest BCUT2D eigenvalue weighted by molar-refractivity contribution is 0.340. The van der Waals surface area contributed by atoms with Gasteiger partial charge in [0.1, 0.15) is 11.5 Å². The lowest BCUT2D eigenvalue weighted by Crippen LogP contribution is -2.13. The quantitative estimate of drug-likeness (QED) is 0.867. The van der Waals surface area contributed by atoms with Crippen molar-refractivity contribution < 1.29 is 9.15 Å². The minimum atomic E-state index is 0.632. The van der Waals surface area contributed by atoms with Crippen LogP contribution in [0.4, 0.5) is 0 Å². The lowest BCUT2D eigenvalue weighted by atomic mass is 10.2. The molecule has 1 N–H and O–H groups in total. The Morgan fingerprint density at radius 2 is 2.11 bits per heavy atom. The maximum absolute atomic E-state index is 5.52. The predicted molar refractivity (Wildman–Crippen MR) is 74.1 cm³/mol. The minimum absolute atomic E-state index is 0.632.